The van der Waals surface area contributed by atoms with Crippen LogP contribution >= 0.6 is 0 Å². The van der Waals surface area contributed by atoms with Crippen LogP contribution in [-0.4, -0.2) is 41.7 Å². The van der Waals surface area contributed by atoms with Crippen molar-refractivity contribution in [2.75, 3.05) is 25.0 Å². The van der Waals surface area contributed by atoms with Crippen LogP contribution in [0.15, 0.2) is 24.3 Å². The summed E-state index contributed by atoms with van der Waals surface area (Å²) in [5, 5.41) is 12.5. The molecule has 2 aliphatic heterocycles. The maximum absolute atomic E-state index is 12.4. The number of nitrogens with zero attached hydrogens (tertiary/aromatic N) is 1. The highest BCUT2D eigenvalue weighted by Crippen LogP contribution is 2.44. The molecule has 1 spiro atoms. The molecule has 1 unspecified atom stereocenters. The number of aliphatic hydroxyl groups is 1. The van der Waals surface area contributed by atoms with E-state index in [0.717, 1.165) is 37.2 Å². The zero-order valence-electron chi connectivity index (χ0n) is 11.2. The Hall–Kier alpha value is -1.39. The summed E-state index contributed by atoms with van der Waals surface area (Å²) in [7, 11) is 0. The zero-order chi connectivity index (χ0) is 13.5. The molecule has 1 amide bonds. The number of benzene rings is 1. The van der Waals surface area contributed by atoms with Crippen LogP contribution < -0.4 is 5.32 Å². The van der Waals surface area contributed by atoms with E-state index in [1.165, 1.54) is 0 Å². The Morgan fingerprint density at radius 1 is 1.37 bits per heavy atom. The average molecular weight is 260 g/mol. The van der Waals surface area contributed by atoms with Gasteiger partial charge in [0.15, 0.2) is 0 Å². The number of piperidine rings is 1. The lowest BCUT2D eigenvalue weighted by molar-refractivity contribution is -0.122. The highest BCUT2D eigenvalue weighted by Gasteiger charge is 2.48. The van der Waals surface area contributed by atoms with Gasteiger partial charge in [0.05, 0.1) is 11.5 Å². The van der Waals surface area contributed by atoms with E-state index in [-0.39, 0.29) is 17.4 Å². The number of carbonyl (C=O) groups excluding carboxylic acids is 1. The van der Waals surface area contributed by atoms with E-state index < -0.39 is 0 Å². The highest BCUT2D eigenvalue weighted by molar-refractivity contribution is 6.06. The van der Waals surface area contributed by atoms with E-state index in [9.17, 15) is 9.90 Å². The van der Waals surface area contributed by atoms with Crippen molar-refractivity contribution < 1.29 is 9.90 Å². The van der Waals surface area contributed by atoms with Crippen molar-refractivity contribution in [3.8, 4) is 0 Å². The van der Waals surface area contributed by atoms with Crippen LogP contribution in [0, 0.1) is 0 Å². The Morgan fingerprint density at radius 2 is 2.05 bits per heavy atom. The largest absolute Gasteiger partial charge is 0.392 e. The molecule has 1 atom stereocenters. The third-order valence-corrected chi connectivity index (χ3v) is 4.36. The fourth-order valence-corrected chi connectivity index (χ4v) is 3.36. The SMILES string of the molecule is CC(O)CN1CCC2(CC1)C(=O)Nc1ccccc12. The lowest BCUT2D eigenvalue weighted by atomic mass is 9.73. The van der Waals surface area contributed by atoms with E-state index >= 15 is 0 Å². The molecule has 4 nitrogen and oxygen atoms in total. The Kier molecular flexibility index (Phi) is 3.07. The number of hydrogen-bond acceptors (Lipinski definition) is 3. The van der Waals surface area contributed by atoms with Crippen LogP contribution in [0.1, 0.15) is 25.3 Å². The van der Waals surface area contributed by atoms with Gasteiger partial charge in [-0.2, -0.15) is 0 Å². The second kappa shape index (κ2) is 4.62. The van der Waals surface area contributed by atoms with Gasteiger partial charge >= 0.3 is 0 Å². The van der Waals surface area contributed by atoms with Crippen molar-refractivity contribution in [1.82, 2.24) is 4.90 Å². The molecular formula is C15H20N2O2. The third kappa shape index (κ3) is 2.05. The maximum atomic E-state index is 12.4. The summed E-state index contributed by atoms with van der Waals surface area (Å²) in [6.45, 7) is 4.24. The molecule has 1 aromatic rings. The fraction of sp³-hybridized carbons (Fsp3) is 0.533. The van der Waals surface area contributed by atoms with Gasteiger partial charge in [-0.1, -0.05) is 18.2 Å². The molecule has 0 saturated carbocycles. The summed E-state index contributed by atoms with van der Waals surface area (Å²) >= 11 is 0. The Labute approximate surface area is 113 Å². The molecule has 2 heterocycles. The van der Waals surface area contributed by atoms with Crippen molar-refractivity contribution in [2.24, 2.45) is 0 Å². The normalized spacial score (nSPS) is 23.2. The predicted molar refractivity (Wildman–Crippen MR) is 74.1 cm³/mol. The van der Waals surface area contributed by atoms with Crippen LogP contribution in [0.3, 0.4) is 0 Å². The molecule has 19 heavy (non-hydrogen) atoms. The number of anilines is 1. The molecule has 1 aromatic carbocycles. The van der Waals surface area contributed by atoms with Crippen LogP contribution in [0.5, 0.6) is 0 Å². The predicted octanol–water partition coefficient (Wildman–Crippen LogP) is 1.35. The van der Waals surface area contributed by atoms with Gasteiger partial charge in [0.2, 0.25) is 5.91 Å². The van der Waals surface area contributed by atoms with Gasteiger partial charge in [0.1, 0.15) is 0 Å². The molecule has 1 saturated heterocycles. The maximum Gasteiger partial charge on any atom is 0.235 e. The standard InChI is InChI=1S/C15H20N2O2/c1-11(18)10-17-8-6-15(7-9-17)12-4-2-3-5-13(12)16-14(15)19/h2-5,11,18H,6-10H2,1H3,(H,16,19). The molecule has 0 aromatic heterocycles. The molecule has 102 valence electrons. The van der Waals surface area contributed by atoms with Crippen molar-refractivity contribution in [2.45, 2.75) is 31.3 Å². The van der Waals surface area contributed by atoms with E-state index in [2.05, 4.69) is 16.3 Å². The number of hydrogen-bond donors (Lipinski definition) is 2. The number of rotatable bonds is 2. The molecule has 2 aliphatic rings. The number of nitrogens with one attached hydrogen (secondary N) is 1. The first-order valence-electron chi connectivity index (χ1n) is 6.93. The topological polar surface area (TPSA) is 52.6 Å². The van der Waals surface area contributed by atoms with Crippen LogP contribution in [-0.2, 0) is 10.2 Å². The number of aliphatic hydroxyl groups excluding tert-OH is 1. The van der Waals surface area contributed by atoms with Gasteiger partial charge in [0.25, 0.3) is 0 Å². The Balaban J connectivity index is 1.81. The minimum absolute atomic E-state index is 0.144. The first-order valence-corrected chi connectivity index (χ1v) is 6.93. The number of likely N-dealkylation sites (tertiary alicyclic amines) is 1. The number of para-hydroxylation sites is 1. The third-order valence-electron chi connectivity index (χ3n) is 4.36. The highest BCUT2D eigenvalue weighted by atomic mass is 16.3. The van der Waals surface area contributed by atoms with Crippen LogP contribution in [0.2, 0.25) is 0 Å². The van der Waals surface area contributed by atoms with Gasteiger partial charge < -0.3 is 15.3 Å². The molecule has 4 heteroatoms. The quantitative estimate of drug-likeness (QED) is 0.844. The fourth-order valence-electron chi connectivity index (χ4n) is 3.36. The van der Waals surface area contributed by atoms with Crippen molar-refractivity contribution in [3.63, 3.8) is 0 Å². The van der Waals surface area contributed by atoms with E-state index in [1.54, 1.807) is 0 Å². The zero-order valence-corrected chi connectivity index (χ0v) is 11.2. The lowest BCUT2D eigenvalue weighted by Crippen LogP contribution is -2.47. The molecule has 0 bridgehead atoms. The van der Waals surface area contributed by atoms with Crippen LogP contribution in [0.25, 0.3) is 0 Å². The average Bonchev–Trinajstić information content (AvgIpc) is 2.65. The Bertz CT molecular complexity index is 491. The van der Waals surface area contributed by atoms with Crippen molar-refractivity contribution in [1.29, 1.82) is 0 Å². The molecule has 1 fully saturated rings. The molecule has 2 N–H and O–H groups in total. The van der Waals surface area contributed by atoms with Gasteiger partial charge in [-0.15, -0.1) is 0 Å². The molecule has 0 aliphatic carbocycles. The first kappa shape index (κ1) is 12.6. The summed E-state index contributed by atoms with van der Waals surface area (Å²) in [6, 6.07) is 8.01. The van der Waals surface area contributed by atoms with Gasteiger partial charge in [-0.3, -0.25) is 4.79 Å². The van der Waals surface area contributed by atoms with E-state index in [4.69, 9.17) is 0 Å². The summed E-state index contributed by atoms with van der Waals surface area (Å²) in [5.41, 5.74) is 1.78. The van der Waals surface area contributed by atoms with E-state index in [1.807, 2.05) is 25.1 Å². The number of amides is 1. The minimum atomic E-state index is -0.341. The second-order valence-corrected chi connectivity index (χ2v) is 5.73. The van der Waals surface area contributed by atoms with Crippen LogP contribution in [0.4, 0.5) is 5.69 Å². The molecular weight excluding hydrogens is 240 g/mol. The number of fused-ring (bicyclic) bond motifs is 2. The summed E-state index contributed by atoms with van der Waals surface area (Å²) in [4.78, 5) is 14.6. The number of carbonyl (C=O) groups is 1. The smallest absolute Gasteiger partial charge is 0.235 e. The van der Waals surface area contributed by atoms with Gasteiger partial charge in [-0.25, -0.2) is 0 Å². The van der Waals surface area contributed by atoms with Crippen molar-refractivity contribution in [3.05, 3.63) is 29.8 Å². The van der Waals surface area contributed by atoms with Gasteiger partial charge in [0, 0.05) is 12.2 Å². The monoisotopic (exact) mass is 260 g/mol. The minimum Gasteiger partial charge on any atom is -0.392 e. The first-order chi connectivity index (χ1) is 9.12. The number of β-amino-alcohol motifs (C(OH)–C–C–N with tert-alkyl or cyclic N) is 1. The lowest BCUT2D eigenvalue weighted by Gasteiger charge is -2.38. The Morgan fingerprint density at radius 3 is 2.74 bits per heavy atom. The summed E-state index contributed by atoms with van der Waals surface area (Å²) in [5.74, 6) is 0.144. The summed E-state index contributed by atoms with van der Waals surface area (Å²) < 4.78 is 0. The van der Waals surface area contributed by atoms with E-state index in [0.29, 0.717) is 6.54 Å². The van der Waals surface area contributed by atoms with Gasteiger partial charge in [-0.05, 0) is 44.5 Å². The summed E-state index contributed by atoms with van der Waals surface area (Å²) in [6.07, 6.45) is 1.37. The molecule has 3 rings (SSSR count). The van der Waals surface area contributed by atoms with Crippen molar-refractivity contribution >= 4 is 11.6 Å². The molecule has 0 radical (unpaired) electrons. The second-order valence-electron chi connectivity index (χ2n) is 5.73.